The highest BCUT2D eigenvalue weighted by molar-refractivity contribution is 6.31. The fourth-order valence-corrected chi connectivity index (χ4v) is 2.25. The fourth-order valence-electron chi connectivity index (χ4n) is 2.08. The number of halogens is 1. The molecule has 1 N–H and O–H groups in total. The van der Waals surface area contributed by atoms with Gasteiger partial charge in [-0.3, -0.25) is 4.79 Å². The minimum atomic E-state index is -0.361. The first-order valence-corrected chi connectivity index (χ1v) is 7.44. The van der Waals surface area contributed by atoms with Crippen molar-refractivity contribution in [3.63, 3.8) is 0 Å². The van der Waals surface area contributed by atoms with Crippen molar-refractivity contribution in [2.45, 2.75) is 0 Å². The normalized spacial score (nSPS) is 10.0. The number of benzene rings is 2. The zero-order chi connectivity index (χ0) is 17.5. The topological polar surface area (TPSA) is 66.0 Å². The summed E-state index contributed by atoms with van der Waals surface area (Å²) in [6, 6.07) is 10.1. The van der Waals surface area contributed by atoms with Gasteiger partial charge in [-0.15, -0.1) is 0 Å². The van der Waals surface area contributed by atoms with Crippen molar-refractivity contribution in [3.8, 4) is 23.0 Å². The molecule has 0 bridgehead atoms. The van der Waals surface area contributed by atoms with Gasteiger partial charge in [-0.05, 0) is 30.3 Å². The molecular weight excluding hydrogens is 334 g/mol. The van der Waals surface area contributed by atoms with Gasteiger partial charge in [0.1, 0.15) is 5.75 Å². The fraction of sp³-hybridized carbons (Fsp3) is 0.235. The van der Waals surface area contributed by atoms with Crippen LogP contribution in [0.25, 0.3) is 0 Å². The van der Waals surface area contributed by atoms with Gasteiger partial charge in [-0.2, -0.15) is 0 Å². The summed E-state index contributed by atoms with van der Waals surface area (Å²) >= 11 is 5.93. The number of anilines is 1. The Balaban J connectivity index is 2.05. The van der Waals surface area contributed by atoms with Crippen LogP contribution in [-0.2, 0) is 4.79 Å². The van der Waals surface area contributed by atoms with E-state index in [0.29, 0.717) is 33.7 Å². The Labute approximate surface area is 145 Å². The highest BCUT2D eigenvalue weighted by atomic mass is 35.5. The molecule has 1 amide bonds. The van der Waals surface area contributed by atoms with Crippen molar-refractivity contribution in [1.29, 1.82) is 0 Å². The third-order valence-electron chi connectivity index (χ3n) is 3.16. The SMILES string of the molecule is COc1ccc(Cl)cc1NC(=O)COc1cccc(OC)c1OC. The molecule has 128 valence electrons. The first-order valence-electron chi connectivity index (χ1n) is 7.06. The third kappa shape index (κ3) is 4.23. The second-order valence-electron chi connectivity index (χ2n) is 4.67. The van der Waals surface area contributed by atoms with Gasteiger partial charge in [-0.1, -0.05) is 17.7 Å². The number of nitrogens with one attached hydrogen (secondary N) is 1. The van der Waals surface area contributed by atoms with E-state index in [9.17, 15) is 4.79 Å². The molecule has 2 rings (SSSR count). The van der Waals surface area contributed by atoms with E-state index in [1.54, 1.807) is 36.4 Å². The third-order valence-corrected chi connectivity index (χ3v) is 3.40. The van der Waals surface area contributed by atoms with Crippen LogP contribution < -0.4 is 24.3 Å². The maximum Gasteiger partial charge on any atom is 0.262 e. The van der Waals surface area contributed by atoms with Gasteiger partial charge in [0.05, 0.1) is 27.0 Å². The number of hydrogen-bond acceptors (Lipinski definition) is 5. The molecule has 0 spiro atoms. The Morgan fingerprint density at radius 3 is 2.38 bits per heavy atom. The lowest BCUT2D eigenvalue weighted by atomic mass is 10.3. The predicted octanol–water partition coefficient (Wildman–Crippen LogP) is 3.38. The summed E-state index contributed by atoms with van der Waals surface area (Å²) in [5.74, 6) is 1.50. The number of hydrogen-bond donors (Lipinski definition) is 1. The molecule has 7 heteroatoms. The predicted molar refractivity (Wildman–Crippen MR) is 91.7 cm³/mol. The lowest BCUT2D eigenvalue weighted by Gasteiger charge is -2.14. The molecule has 0 aromatic heterocycles. The van der Waals surface area contributed by atoms with E-state index in [2.05, 4.69) is 5.32 Å². The van der Waals surface area contributed by atoms with Gasteiger partial charge < -0.3 is 24.3 Å². The average Bonchev–Trinajstić information content (AvgIpc) is 2.59. The van der Waals surface area contributed by atoms with Gasteiger partial charge in [0.2, 0.25) is 5.75 Å². The Hall–Kier alpha value is -2.60. The zero-order valence-corrected chi connectivity index (χ0v) is 14.3. The molecule has 0 unspecified atom stereocenters. The lowest BCUT2D eigenvalue weighted by Crippen LogP contribution is -2.20. The average molecular weight is 352 g/mol. The molecule has 2 aromatic rings. The van der Waals surface area contributed by atoms with Crippen LogP contribution in [0.2, 0.25) is 5.02 Å². The van der Waals surface area contributed by atoms with Crippen molar-refractivity contribution >= 4 is 23.2 Å². The Kier molecular flexibility index (Phi) is 6.14. The second kappa shape index (κ2) is 8.31. The first kappa shape index (κ1) is 17.7. The van der Waals surface area contributed by atoms with Crippen LogP contribution in [0.1, 0.15) is 0 Å². The molecule has 0 saturated heterocycles. The molecule has 24 heavy (non-hydrogen) atoms. The van der Waals surface area contributed by atoms with Crippen LogP contribution in [0, 0.1) is 0 Å². The van der Waals surface area contributed by atoms with Crippen LogP contribution in [0.5, 0.6) is 23.0 Å². The standard InChI is InChI=1S/C17H18ClNO5/c1-21-13-8-7-11(18)9-12(13)19-16(20)10-24-15-6-4-5-14(22-2)17(15)23-3/h4-9H,10H2,1-3H3,(H,19,20). The van der Waals surface area contributed by atoms with E-state index < -0.39 is 0 Å². The number of ether oxygens (including phenoxy) is 4. The van der Waals surface area contributed by atoms with Crippen molar-refractivity contribution < 1.29 is 23.7 Å². The van der Waals surface area contributed by atoms with E-state index in [-0.39, 0.29) is 12.5 Å². The molecule has 6 nitrogen and oxygen atoms in total. The van der Waals surface area contributed by atoms with E-state index in [0.717, 1.165) is 0 Å². The van der Waals surface area contributed by atoms with Crippen molar-refractivity contribution in [3.05, 3.63) is 41.4 Å². The van der Waals surface area contributed by atoms with E-state index in [1.807, 2.05) is 0 Å². The van der Waals surface area contributed by atoms with Crippen molar-refractivity contribution in [1.82, 2.24) is 0 Å². The van der Waals surface area contributed by atoms with Gasteiger partial charge in [-0.25, -0.2) is 0 Å². The van der Waals surface area contributed by atoms with Gasteiger partial charge in [0.25, 0.3) is 5.91 Å². The molecule has 0 radical (unpaired) electrons. The van der Waals surface area contributed by atoms with Crippen molar-refractivity contribution in [2.24, 2.45) is 0 Å². The number of methoxy groups -OCH3 is 3. The number of rotatable bonds is 7. The zero-order valence-electron chi connectivity index (χ0n) is 13.6. The van der Waals surface area contributed by atoms with Gasteiger partial charge in [0.15, 0.2) is 18.1 Å². The van der Waals surface area contributed by atoms with Crippen LogP contribution in [0.15, 0.2) is 36.4 Å². The van der Waals surface area contributed by atoms with E-state index in [1.165, 1.54) is 21.3 Å². The molecule has 0 aliphatic rings. The Bertz CT molecular complexity index is 720. The maximum absolute atomic E-state index is 12.1. The van der Waals surface area contributed by atoms with E-state index in [4.69, 9.17) is 30.5 Å². The minimum Gasteiger partial charge on any atom is -0.495 e. The Morgan fingerprint density at radius 1 is 1.00 bits per heavy atom. The smallest absolute Gasteiger partial charge is 0.262 e. The summed E-state index contributed by atoms with van der Waals surface area (Å²) < 4.78 is 21.1. The number of carbonyl (C=O) groups is 1. The molecule has 2 aromatic carbocycles. The quantitative estimate of drug-likeness (QED) is 0.828. The molecule has 0 saturated carbocycles. The first-order chi connectivity index (χ1) is 11.6. The monoisotopic (exact) mass is 351 g/mol. The summed E-state index contributed by atoms with van der Waals surface area (Å²) in [7, 11) is 4.54. The van der Waals surface area contributed by atoms with Crippen LogP contribution in [-0.4, -0.2) is 33.8 Å². The summed E-state index contributed by atoms with van der Waals surface area (Å²) in [6.45, 7) is -0.209. The van der Waals surface area contributed by atoms with E-state index >= 15 is 0 Å². The largest absolute Gasteiger partial charge is 0.495 e. The molecule has 0 aliphatic heterocycles. The highest BCUT2D eigenvalue weighted by Gasteiger charge is 2.13. The maximum atomic E-state index is 12.1. The molecule has 0 heterocycles. The van der Waals surface area contributed by atoms with Crippen LogP contribution in [0.3, 0.4) is 0 Å². The highest BCUT2D eigenvalue weighted by Crippen LogP contribution is 2.36. The van der Waals surface area contributed by atoms with Crippen LogP contribution >= 0.6 is 11.6 Å². The van der Waals surface area contributed by atoms with Crippen molar-refractivity contribution in [2.75, 3.05) is 33.3 Å². The summed E-state index contributed by atoms with van der Waals surface area (Å²) in [5, 5.41) is 3.18. The molecule has 0 aliphatic carbocycles. The summed E-state index contributed by atoms with van der Waals surface area (Å²) in [6.07, 6.45) is 0. The van der Waals surface area contributed by atoms with Gasteiger partial charge in [0, 0.05) is 5.02 Å². The lowest BCUT2D eigenvalue weighted by molar-refractivity contribution is -0.118. The molecule has 0 atom stereocenters. The number of amides is 1. The summed E-state index contributed by atoms with van der Waals surface area (Å²) in [4.78, 5) is 12.1. The molecule has 0 fully saturated rings. The molecular formula is C17H18ClNO5. The number of carbonyl (C=O) groups excluding carboxylic acids is 1. The van der Waals surface area contributed by atoms with Gasteiger partial charge >= 0.3 is 0 Å². The Morgan fingerprint density at radius 2 is 1.71 bits per heavy atom. The summed E-state index contributed by atoms with van der Waals surface area (Å²) in [5.41, 5.74) is 0.469. The number of para-hydroxylation sites is 1. The minimum absolute atomic E-state index is 0.209. The van der Waals surface area contributed by atoms with Crippen LogP contribution in [0.4, 0.5) is 5.69 Å². The second-order valence-corrected chi connectivity index (χ2v) is 5.11.